The van der Waals surface area contributed by atoms with Crippen molar-refractivity contribution in [1.29, 1.82) is 0 Å². The molecule has 3 heterocycles. The number of benzene rings is 1. The Morgan fingerprint density at radius 3 is 3.00 bits per heavy atom. The topological polar surface area (TPSA) is 64.9 Å². The maximum atomic E-state index is 12.4. The first-order valence-electron chi connectivity index (χ1n) is 8.67. The number of nitrogens with zero attached hydrogens (tertiary/aromatic N) is 2. The Bertz CT molecular complexity index is 958. The normalized spacial score (nSPS) is 16.8. The second-order valence-electron chi connectivity index (χ2n) is 6.51. The zero-order valence-electron chi connectivity index (χ0n) is 14.9. The van der Waals surface area contributed by atoms with Crippen molar-refractivity contribution in [3.63, 3.8) is 0 Å². The third-order valence-corrected chi connectivity index (χ3v) is 4.73. The van der Waals surface area contributed by atoms with Crippen molar-refractivity contribution < 1.29 is 14.3 Å². The molecule has 0 radical (unpaired) electrons. The van der Waals surface area contributed by atoms with Gasteiger partial charge in [-0.3, -0.25) is 4.79 Å². The molecule has 1 N–H and O–H groups in total. The summed E-state index contributed by atoms with van der Waals surface area (Å²) in [6.45, 7) is 3.14. The predicted molar refractivity (Wildman–Crippen MR) is 99.5 cm³/mol. The lowest BCUT2D eigenvalue weighted by atomic mass is 10.1. The number of amides is 1. The number of fused-ring (bicyclic) bond motifs is 1. The molecule has 0 aliphatic carbocycles. The van der Waals surface area contributed by atoms with Gasteiger partial charge in [0.05, 0.1) is 31.0 Å². The zero-order chi connectivity index (χ0) is 18.1. The van der Waals surface area contributed by atoms with Crippen molar-refractivity contribution >= 4 is 17.2 Å². The van der Waals surface area contributed by atoms with Gasteiger partial charge in [0, 0.05) is 24.6 Å². The first-order valence-corrected chi connectivity index (χ1v) is 8.67. The Kier molecular flexibility index (Phi) is 4.34. The van der Waals surface area contributed by atoms with Crippen molar-refractivity contribution in [2.45, 2.75) is 13.3 Å². The van der Waals surface area contributed by atoms with Gasteiger partial charge in [0.15, 0.2) is 0 Å². The molecule has 1 saturated heterocycles. The minimum atomic E-state index is -0.110. The number of anilines is 1. The summed E-state index contributed by atoms with van der Waals surface area (Å²) < 4.78 is 12.7. The molecule has 1 aliphatic rings. The zero-order valence-corrected chi connectivity index (χ0v) is 14.9. The van der Waals surface area contributed by atoms with Gasteiger partial charge in [-0.15, -0.1) is 0 Å². The number of carbonyl (C=O) groups excluding carboxylic acids is 1. The first kappa shape index (κ1) is 16.6. The summed E-state index contributed by atoms with van der Waals surface area (Å²) in [6, 6.07) is 9.74. The number of ether oxygens (including phenoxy) is 2. The Morgan fingerprint density at radius 1 is 1.38 bits per heavy atom. The quantitative estimate of drug-likeness (QED) is 0.783. The Hall–Kier alpha value is -2.86. The lowest BCUT2D eigenvalue weighted by Gasteiger charge is -2.13. The second kappa shape index (κ2) is 6.80. The minimum Gasteiger partial charge on any atom is -0.495 e. The summed E-state index contributed by atoms with van der Waals surface area (Å²) in [4.78, 5) is 17.2. The van der Waals surface area contributed by atoms with E-state index in [1.54, 1.807) is 7.11 Å². The molecule has 26 heavy (non-hydrogen) atoms. The van der Waals surface area contributed by atoms with Crippen LogP contribution in [0.1, 0.15) is 12.0 Å². The third kappa shape index (κ3) is 3.04. The Morgan fingerprint density at radius 2 is 2.27 bits per heavy atom. The lowest BCUT2D eigenvalue weighted by Crippen LogP contribution is -2.23. The summed E-state index contributed by atoms with van der Waals surface area (Å²) in [5.41, 5.74) is 4.46. The van der Waals surface area contributed by atoms with E-state index in [9.17, 15) is 4.79 Å². The summed E-state index contributed by atoms with van der Waals surface area (Å²) in [5, 5.41) is 2.98. The molecular formula is C20H21N3O3. The van der Waals surface area contributed by atoms with Crippen molar-refractivity contribution in [3.8, 4) is 17.0 Å². The molecule has 6 nitrogen and oxygen atoms in total. The number of hydrogen-bond donors (Lipinski definition) is 1. The van der Waals surface area contributed by atoms with Crippen molar-refractivity contribution in [1.82, 2.24) is 9.38 Å². The maximum absolute atomic E-state index is 12.4. The minimum absolute atomic E-state index is 0.0382. The fourth-order valence-corrected chi connectivity index (χ4v) is 3.23. The van der Waals surface area contributed by atoms with Gasteiger partial charge >= 0.3 is 0 Å². The van der Waals surface area contributed by atoms with Crippen molar-refractivity contribution in [2.75, 3.05) is 25.6 Å². The lowest BCUT2D eigenvalue weighted by molar-refractivity contribution is -0.119. The summed E-state index contributed by atoms with van der Waals surface area (Å²) >= 11 is 0. The summed E-state index contributed by atoms with van der Waals surface area (Å²) in [6.07, 6.45) is 4.71. The van der Waals surface area contributed by atoms with Gasteiger partial charge in [0.2, 0.25) is 5.91 Å². The van der Waals surface area contributed by atoms with E-state index in [0.29, 0.717) is 24.7 Å². The molecule has 1 aliphatic heterocycles. The number of carbonyl (C=O) groups is 1. The van der Waals surface area contributed by atoms with Crippen molar-refractivity contribution in [2.24, 2.45) is 5.92 Å². The molecule has 6 heteroatoms. The van der Waals surface area contributed by atoms with Crippen LogP contribution in [0.2, 0.25) is 0 Å². The SMILES string of the molecule is COc1ccc(-c2cn3cccc(C)c3n2)cc1NC(=O)C1CCOC1. The van der Waals surface area contributed by atoms with Crippen LogP contribution in [-0.4, -0.2) is 35.6 Å². The monoisotopic (exact) mass is 351 g/mol. The van der Waals surface area contributed by atoms with Crippen LogP contribution in [0.3, 0.4) is 0 Å². The van der Waals surface area contributed by atoms with E-state index in [1.807, 2.05) is 54.0 Å². The molecule has 0 spiro atoms. The van der Waals surface area contributed by atoms with Crippen LogP contribution < -0.4 is 10.1 Å². The van der Waals surface area contributed by atoms with E-state index in [-0.39, 0.29) is 11.8 Å². The van der Waals surface area contributed by atoms with E-state index in [0.717, 1.165) is 28.9 Å². The number of rotatable bonds is 4. The van der Waals surface area contributed by atoms with Gasteiger partial charge in [0.1, 0.15) is 11.4 Å². The van der Waals surface area contributed by atoms with E-state index < -0.39 is 0 Å². The Labute approximate surface area is 151 Å². The molecule has 1 amide bonds. The van der Waals surface area contributed by atoms with E-state index >= 15 is 0 Å². The number of imidazole rings is 1. The molecule has 1 atom stereocenters. The molecule has 1 fully saturated rings. The molecule has 1 aromatic carbocycles. The number of pyridine rings is 1. The molecule has 0 saturated carbocycles. The second-order valence-corrected chi connectivity index (χ2v) is 6.51. The fourth-order valence-electron chi connectivity index (χ4n) is 3.23. The van der Waals surface area contributed by atoms with Gasteiger partial charge < -0.3 is 19.2 Å². The number of nitrogens with one attached hydrogen (secondary N) is 1. The van der Waals surface area contributed by atoms with Crippen LogP contribution in [0, 0.1) is 12.8 Å². The highest BCUT2D eigenvalue weighted by molar-refractivity contribution is 5.95. The standard InChI is InChI=1S/C20H21N3O3/c1-13-4-3-8-23-11-17(21-19(13)23)14-5-6-18(25-2)16(10-14)22-20(24)15-7-9-26-12-15/h3-6,8,10-11,15H,7,9,12H2,1-2H3,(H,22,24). The van der Waals surface area contributed by atoms with Gasteiger partial charge in [-0.2, -0.15) is 0 Å². The molecule has 0 bridgehead atoms. The van der Waals surface area contributed by atoms with Gasteiger partial charge in [-0.25, -0.2) is 4.98 Å². The molecule has 134 valence electrons. The first-order chi connectivity index (χ1) is 12.7. The maximum Gasteiger partial charge on any atom is 0.230 e. The van der Waals surface area contributed by atoms with Crippen LogP contribution in [-0.2, 0) is 9.53 Å². The highest BCUT2D eigenvalue weighted by atomic mass is 16.5. The van der Waals surface area contributed by atoms with E-state index in [2.05, 4.69) is 5.32 Å². The van der Waals surface area contributed by atoms with E-state index in [4.69, 9.17) is 14.5 Å². The summed E-state index contributed by atoms with van der Waals surface area (Å²) in [5.74, 6) is 0.478. The fraction of sp³-hybridized carbons (Fsp3) is 0.300. The van der Waals surface area contributed by atoms with Gasteiger partial charge in [-0.1, -0.05) is 6.07 Å². The van der Waals surface area contributed by atoms with Crippen LogP contribution in [0.25, 0.3) is 16.9 Å². The molecule has 1 unspecified atom stereocenters. The van der Waals surface area contributed by atoms with Gasteiger partial charge in [-0.05, 0) is 43.2 Å². The molecule has 2 aromatic heterocycles. The molecule has 4 rings (SSSR count). The average molecular weight is 351 g/mol. The smallest absolute Gasteiger partial charge is 0.230 e. The highest BCUT2D eigenvalue weighted by Crippen LogP contribution is 2.31. The van der Waals surface area contributed by atoms with E-state index in [1.165, 1.54) is 0 Å². The van der Waals surface area contributed by atoms with Crippen LogP contribution in [0.4, 0.5) is 5.69 Å². The van der Waals surface area contributed by atoms with Crippen LogP contribution in [0.15, 0.2) is 42.7 Å². The molecule has 3 aromatic rings. The number of aromatic nitrogens is 2. The largest absolute Gasteiger partial charge is 0.495 e. The number of aryl methyl sites for hydroxylation is 1. The number of hydrogen-bond acceptors (Lipinski definition) is 4. The highest BCUT2D eigenvalue weighted by Gasteiger charge is 2.24. The average Bonchev–Trinajstić information content (AvgIpc) is 3.32. The van der Waals surface area contributed by atoms with Gasteiger partial charge in [0.25, 0.3) is 0 Å². The van der Waals surface area contributed by atoms with Crippen molar-refractivity contribution in [3.05, 3.63) is 48.3 Å². The Balaban J connectivity index is 1.68. The third-order valence-electron chi connectivity index (χ3n) is 4.73. The molecular weight excluding hydrogens is 330 g/mol. The predicted octanol–water partition coefficient (Wildman–Crippen LogP) is 3.29. The number of methoxy groups -OCH3 is 1. The van der Waals surface area contributed by atoms with Crippen LogP contribution in [0.5, 0.6) is 5.75 Å². The van der Waals surface area contributed by atoms with Crippen LogP contribution >= 0.6 is 0 Å². The summed E-state index contributed by atoms with van der Waals surface area (Å²) in [7, 11) is 1.59.